The third-order valence-electron chi connectivity index (χ3n) is 1.63. The molecule has 0 saturated carbocycles. The average molecular weight is 203 g/mol. The fraction of sp³-hybridized carbons (Fsp3) is 0.333. The van der Waals surface area contributed by atoms with Crippen molar-refractivity contribution in [3.63, 3.8) is 0 Å². The van der Waals surface area contributed by atoms with E-state index in [1.54, 1.807) is 24.3 Å². The third-order valence-corrected chi connectivity index (χ3v) is 2.35. The van der Waals surface area contributed by atoms with E-state index in [9.17, 15) is 8.78 Å². The van der Waals surface area contributed by atoms with E-state index in [1.807, 2.05) is 6.92 Å². The molecule has 1 nitrogen and oxygen atoms in total. The Balaban J connectivity index is 2.70. The molecule has 0 unspecified atom stereocenters. The molecular weight excluding hydrogens is 192 g/mol. The van der Waals surface area contributed by atoms with Gasteiger partial charge in [0.1, 0.15) is 0 Å². The maximum Gasteiger partial charge on any atom is 0.288 e. The lowest BCUT2D eigenvalue weighted by atomic mass is 10.1. The van der Waals surface area contributed by atoms with Crippen LogP contribution >= 0.6 is 11.8 Å². The number of thioether (sulfide) groups is 1. The van der Waals surface area contributed by atoms with Gasteiger partial charge in [-0.3, -0.25) is 0 Å². The van der Waals surface area contributed by atoms with Gasteiger partial charge in [-0.15, -0.1) is 0 Å². The molecule has 0 fully saturated rings. The molecule has 1 aromatic carbocycles. The number of rotatable bonds is 3. The predicted molar refractivity (Wildman–Crippen MR) is 50.9 cm³/mol. The number of benzene rings is 1. The van der Waals surface area contributed by atoms with Crippen molar-refractivity contribution in [1.29, 1.82) is 0 Å². The van der Waals surface area contributed by atoms with Gasteiger partial charge in [0.05, 0.1) is 0 Å². The quantitative estimate of drug-likeness (QED) is 0.764. The minimum Gasteiger partial charge on any atom is -0.324 e. The van der Waals surface area contributed by atoms with Gasteiger partial charge in [-0.25, -0.2) is 0 Å². The molecule has 1 aromatic rings. The second-order valence-corrected chi connectivity index (χ2v) is 3.80. The normalized spacial score (nSPS) is 13.3. The molecule has 0 saturated heterocycles. The summed E-state index contributed by atoms with van der Waals surface area (Å²) in [4.78, 5) is 0.569. The highest BCUT2D eigenvalue weighted by Crippen LogP contribution is 2.25. The predicted octanol–water partition coefficient (Wildman–Crippen LogP) is 3.02. The van der Waals surface area contributed by atoms with E-state index < -0.39 is 5.76 Å². The van der Waals surface area contributed by atoms with Gasteiger partial charge in [0.2, 0.25) is 0 Å². The van der Waals surface area contributed by atoms with Gasteiger partial charge in [-0.05, 0) is 24.6 Å². The van der Waals surface area contributed by atoms with Crippen LogP contribution in [-0.4, -0.2) is 5.76 Å². The van der Waals surface area contributed by atoms with E-state index in [0.717, 1.165) is 5.56 Å². The Morgan fingerprint density at radius 2 is 1.77 bits per heavy atom. The molecule has 0 radical (unpaired) electrons. The zero-order chi connectivity index (χ0) is 9.84. The summed E-state index contributed by atoms with van der Waals surface area (Å²) in [6.07, 6.45) is 0. The summed E-state index contributed by atoms with van der Waals surface area (Å²) in [5.41, 5.74) is 6.57. The smallest absolute Gasteiger partial charge is 0.288 e. The topological polar surface area (TPSA) is 26.0 Å². The zero-order valence-corrected chi connectivity index (χ0v) is 8.02. The van der Waals surface area contributed by atoms with Crippen LogP contribution in [0, 0.1) is 0 Å². The van der Waals surface area contributed by atoms with Crippen molar-refractivity contribution in [2.45, 2.75) is 23.6 Å². The van der Waals surface area contributed by atoms with Gasteiger partial charge in [-0.2, -0.15) is 8.78 Å². The summed E-state index contributed by atoms with van der Waals surface area (Å²) in [6.45, 7) is 1.86. The Bertz CT molecular complexity index is 259. The highest BCUT2D eigenvalue weighted by atomic mass is 32.2. The Labute approximate surface area is 80.3 Å². The fourth-order valence-corrected chi connectivity index (χ4v) is 1.45. The molecule has 0 heterocycles. The molecule has 2 N–H and O–H groups in total. The standard InChI is InChI=1S/C9H11F2NS/c1-6(12)7-2-4-8(5-3-7)13-9(10)11/h2-6,9H,12H2,1H3/t6-/m1/s1. The number of hydrogen-bond acceptors (Lipinski definition) is 2. The van der Waals surface area contributed by atoms with Gasteiger partial charge in [0.25, 0.3) is 5.76 Å². The van der Waals surface area contributed by atoms with Crippen molar-refractivity contribution in [3.05, 3.63) is 29.8 Å². The van der Waals surface area contributed by atoms with E-state index in [-0.39, 0.29) is 6.04 Å². The first-order valence-electron chi connectivity index (χ1n) is 3.90. The second kappa shape index (κ2) is 4.58. The van der Waals surface area contributed by atoms with Crippen LogP contribution in [0.5, 0.6) is 0 Å². The lowest BCUT2D eigenvalue weighted by Gasteiger charge is -2.06. The fourth-order valence-electron chi connectivity index (χ4n) is 0.953. The lowest BCUT2D eigenvalue weighted by molar-refractivity contribution is 0.252. The summed E-state index contributed by atoms with van der Waals surface area (Å²) in [5, 5.41) is 0. The van der Waals surface area contributed by atoms with E-state index in [2.05, 4.69) is 0 Å². The Kier molecular flexibility index (Phi) is 3.69. The van der Waals surface area contributed by atoms with Gasteiger partial charge in [-0.1, -0.05) is 23.9 Å². The molecule has 0 aliphatic heterocycles. The van der Waals surface area contributed by atoms with E-state index >= 15 is 0 Å². The van der Waals surface area contributed by atoms with E-state index in [1.165, 1.54) is 0 Å². The number of alkyl halides is 2. The summed E-state index contributed by atoms with van der Waals surface area (Å²) in [6, 6.07) is 6.82. The van der Waals surface area contributed by atoms with E-state index in [4.69, 9.17) is 5.73 Å². The van der Waals surface area contributed by atoms with Crippen molar-refractivity contribution < 1.29 is 8.78 Å². The highest BCUT2D eigenvalue weighted by Gasteiger charge is 2.05. The largest absolute Gasteiger partial charge is 0.324 e. The van der Waals surface area contributed by atoms with Crippen LogP contribution in [0.3, 0.4) is 0 Å². The van der Waals surface area contributed by atoms with Gasteiger partial charge < -0.3 is 5.73 Å². The molecule has 4 heteroatoms. The van der Waals surface area contributed by atoms with E-state index in [0.29, 0.717) is 16.7 Å². The maximum atomic E-state index is 11.9. The Hall–Kier alpha value is -0.610. The first-order chi connectivity index (χ1) is 6.09. The van der Waals surface area contributed by atoms with Crippen LogP contribution in [0.25, 0.3) is 0 Å². The molecule has 1 rings (SSSR count). The second-order valence-electron chi connectivity index (χ2n) is 2.74. The molecule has 0 aliphatic rings. The minimum atomic E-state index is -2.36. The number of nitrogens with two attached hydrogens (primary N) is 1. The van der Waals surface area contributed by atoms with Crippen LogP contribution in [0.1, 0.15) is 18.5 Å². The molecular formula is C9H11F2NS. The van der Waals surface area contributed by atoms with Crippen molar-refractivity contribution in [1.82, 2.24) is 0 Å². The summed E-state index contributed by atoms with van der Waals surface area (Å²) in [7, 11) is 0. The Morgan fingerprint density at radius 1 is 1.23 bits per heavy atom. The number of hydrogen-bond donors (Lipinski definition) is 1. The third kappa shape index (κ3) is 3.32. The Morgan fingerprint density at radius 3 is 2.15 bits per heavy atom. The van der Waals surface area contributed by atoms with Crippen LogP contribution in [0.15, 0.2) is 29.2 Å². The molecule has 0 bridgehead atoms. The van der Waals surface area contributed by atoms with Gasteiger partial charge in [0, 0.05) is 10.9 Å². The van der Waals surface area contributed by atoms with Crippen LogP contribution in [0.4, 0.5) is 8.78 Å². The SMILES string of the molecule is C[C@@H](N)c1ccc(SC(F)F)cc1. The zero-order valence-electron chi connectivity index (χ0n) is 7.21. The highest BCUT2D eigenvalue weighted by molar-refractivity contribution is 7.99. The summed E-state index contributed by atoms with van der Waals surface area (Å²) >= 11 is 0.545. The first kappa shape index (κ1) is 10.5. The minimum absolute atomic E-state index is 0.0504. The maximum absolute atomic E-state index is 11.9. The lowest BCUT2D eigenvalue weighted by Crippen LogP contribution is -2.04. The van der Waals surface area contributed by atoms with Crippen LogP contribution in [-0.2, 0) is 0 Å². The molecule has 72 valence electrons. The molecule has 0 spiro atoms. The van der Waals surface area contributed by atoms with Crippen LogP contribution < -0.4 is 5.73 Å². The number of halogens is 2. The van der Waals surface area contributed by atoms with Crippen molar-refractivity contribution in [3.8, 4) is 0 Å². The van der Waals surface area contributed by atoms with Crippen molar-refractivity contribution in [2.75, 3.05) is 0 Å². The molecule has 13 heavy (non-hydrogen) atoms. The van der Waals surface area contributed by atoms with Crippen molar-refractivity contribution in [2.24, 2.45) is 5.73 Å². The first-order valence-corrected chi connectivity index (χ1v) is 4.78. The van der Waals surface area contributed by atoms with Gasteiger partial charge in [0.15, 0.2) is 0 Å². The monoisotopic (exact) mass is 203 g/mol. The van der Waals surface area contributed by atoms with Crippen LogP contribution in [0.2, 0.25) is 0 Å². The molecule has 0 aromatic heterocycles. The summed E-state index contributed by atoms with van der Waals surface area (Å²) < 4.78 is 23.8. The molecule has 1 atom stereocenters. The average Bonchev–Trinajstić information content (AvgIpc) is 2.04. The van der Waals surface area contributed by atoms with Gasteiger partial charge >= 0.3 is 0 Å². The van der Waals surface area contributed by atoms with Crippen molar-refractivity contribution >= 4 is 11.8 Å². The summed E-state index contributed by atoms with van der Waals surface area (Å²) in [5.74, 6) is -2.36. The molecule has 0 aliphatic carbocycles. The molecule has 0 amide bonds.